The second kappa shape index (κ2) is 5.36. The van der Waals surface area contributed by atoms with E-state index in [0.29, 0.717) is 5.52 Å². The molecule has 0 saturated heterocycles. The highest BCUT2D eigenvalue weighted by atomic mass is 32.2. The number of carbonyl (C=O) groups is 1. The van der Waals surface area contributed by atoms with Gasteiger partial charge in [-0.25, -0.2) is 8.42 Å². The van der Waals surface area contributed by atoms with E-state index in [0.717, 1.165) is 21.4 Å². The van der Waals surface area contributed by atoms with E-state index >= 15 is 0 Å². The minimum absolute atomic E-state index is 0.00491. The van der Waals surface area contributed by atoms with E-state index in [-0.39, 0.29) is 11.3 Å². The van der Waals surface area contributed by atoms with E-state index in [2.05, 4.69) is 10.3 Å². The molecule has 0 aliphatic carbocycles. The number of pyridine rings is 1. The molecule has 1 amide bonds. The minimum atomic E-state index is -3.25. The topological polar surface area (TPSA) is 96.1 Å². The Morgan fingerprint density at radius 3 is 2.86 bits per heavy atom. The first-order valence-corrected chi connectivity index (χ1v) is 9.29. The number of fused-ring (bicyclic) bond motifs is 1. The van der Waals surface area contributed by atoms with Crippen molar-refractivity contribution in [1.82, 2.24) is 10.3 Å². The molecule has 0 saturated carbocycles. The first kappa shape index (κ1) is 15.0. The Labute approximate surface area is 130 Å². The normalized spacial score (nSPS) is 19.6. The molecule has 0 bridgehead atoms. The van der Waals surface area contributed by atoms with Crippen molar-refractivity contribution < 1.29 is 13.2 Å². The molecule has 3 rings (SSSR count). The maximum Gasteiger partial charge on any atom is 0.261 e. The highest BCUT2D eigenvalue weighted by molar-refractivity contribution is 7.94. The van der Waals surface area contributed by atoms with E-state index in [1.165, 1.54) is 17.4 Å². The van der Waals surface area contributed by atoms with Gasteiger partial charge in [0.25, 0.3) is 11.5 Å². The Bertz CT molecular complexity index is 937. The van der Waals surface area contributed by atoms with E-state index < -0.39 is 27.3 Å². The molecule has 0 radical (unpaired) electrons. The minimum Gasteiger partial charge on any atom is -0.345 e. The van der Waals surface area contributed by atoms with Crippen LogP contribution in [0.5, 0.6) is 0 Å². The van der Waals surface area contributed by atoms with Gasteiger partial charge in [-0.2, -0.15) is 0 Å². The van der Waals surface area contributed by atoms with Crippen molar-refractivity contribution in [2.24, 2.45) is 0 Å². The number of hydrogen-bond donors (Lipinski definition) is 2. The monoisotopic (exact) mass is 338 g/mol. The standard InChI is InChI=1S/C14H14N2O4S2/c1-2-9-5-11-12(21-9)6-10(14(18)16-11)13(17)15-8-3-4-22(19,20)7-8/h3-6,8H,2,7H2,1H3,(H,15,17)(H,16,18). The van der Waals surface area contributed by atoms with Crippen molar-refractivity contribution in [3.05, 3.63) is 44.4 Å². The van der Waals surface area contributed by atoms with Gasteiger partial charge in [0, 0.05) is 10.3 Å². The molecule has 1 unspecified atom stereocenters. The Balaban J connectivity index is 1.89. The van der Waals surface area contributed by atoms with Gasteiger partial charge in [0.1, 0.15) is 5.56 Å². The van der Waals surface area contributed by atoms with Gasteiger partial charge in [-0.3, -0.25) is 9.59 Å². The van der Waals surface area contributed by atoms with E-state index in [4.69, 9.17) is 0 Å². The third-order valence-corrected chi connectivity index (χ3v) is 6.04. The fourth-order valence-electron chi connectivity index (χ4n) is 2.30. The Morgan fingerprint density at radius 1 is 1.45 bits per heavy atom. The van der Waals surface area contributed by atoms with Gasteiger partial charge in [0.2, 0.25) is 0 Å². The van der Waals surface area contributed by atoms with Crippen LogP contribution in [0.25, 0.3) is 10.2 Å². The lowest BCUT2D eigenvalue weighted by Gasteiger charge is -2.09. The number of aromatic nitrogens is 1. The summed E-state index contributed by atoms with van der Waals surface area (Å²) in [4.78, 5) is 28.0. The van der Waals surface area contributed by atoms with Crippen LogP contribution in [0.1, 0.15) is 22.2 Å². The number of rotatable bonds is 3. The van der Waals surface area contributed by atoms with Crippen LogP contribution < -0.4 is 10.9 Å². The van der Waals surface area contributed by atoms with E-state index in [1.807, 2.05) is 13.0 Å². The number of hydrogen-bond acceptors (Lipinski definition) is 5. The summed E-state index contributed by atoms with van der Waals surface area (Å²) in [7, 11) is -3.25. The van der Waals surface area contributed by atoms with E-state index in [9.17, 15) is 18.0 Å². The van der Waals surface area contributed by atoms with Gasteiger partial charge >= 0.3 is 0 Å². The molecule has 0 aromatic carbocycles. The molecule has 1 aliphatic heterocycles. The van der Waals surface area contributed by atoms with Gasteiger partial charge in [0.15, 0.2) is 9.84 Å². The van der Waals surface area contributed by atoms with Gasteiger partial charge in [0.05, 0.1) is 22.0 Å². The largest absolute Gasteiger partial charge is 0.345 e. The Morgan fingerprint density at radius 2 is 2.23 bits per heavy atom. The van der Waals surface area contributed by atoms with Gasteiger partial charge in [-0.1, -0.05) is 6.92 Å². The number of sulfone groups is 1. The third kappa shape index (κ3) is 2.84. The Kier molecular flexibility index (Phi) is 3.65. The summed E-state index contributed by atoms with van der Waals surface area (Å²) >= 11 is 1.52. The number of aryl methyl sites for hydroxylation is 1. The van der Waals surface area contributed by atoms with Crippen LogP contribution in [0.2, 0.25) is 0 Å². The molecular weight excluding hydrogens is 324 g/mol. The number of amides is 1. The molecule has 6 nitrogen and oxygen atoms in total. The van der Waals surface area contributed by atoms with Gasteiger partial charge in [-0.05, 0) is 24.6 Å². The van der Waals surface area contributed by atoms with Crippen molar-refractivity contribution in [3.8, 4) is 0 Å². The average Bonchev–Trinajstić information content (AvgIpc) is 3.00. The summed E-state index contributed by atoms with van der Waals surface area (Å²) in [5.74, 6) is -0.737. The number of thiophene rings is 1. The Hall–Kier alpha value is -1.93. The lowest BCUT2D eigenvalue weighted by atomic mass is 10.2. The van der Waals surface area contributed by atoms with Crippen molar-refractivity contribution in [2.45, 2.75) is 19.4 Å². The SMILES string of the molecule is CCc1cc2[nH]c(=O)c(C(=O)NC3C=CS(=O)(=O)C3)cc2s1. The zero-order valence-corrected chi connectivity index (χ0v) is 13.4. The summed E-state index contributed by atoms with van der Waals surface area (Å²) < 4.78 is 23.5. The summed E-state index contributed by atoms with van der Waals surface area (Å²) in [5, 5.41) is 3.64. The zero-order valence-electron chi connectivity index (χ0n) is 11.8. The molecule has 1 atom stereocenters. The van der Waals surface area contributed by atoms with E-state index in [1.54, 1.807) is 6.07 Å². The molecule has 2 N–H and O–H groups in total. The molecule has 116 valence electrons. The smallest absolute Gasteiger partial charge is 0.261 e. The van der Waals surface area contributed by atoms with Crippen molar-refractivity contribution >= 4 is 37.3 Å². The molecule has 2 aromatic rings. The highest BCUT2D eigenvalue weighted by Crippen LogP contribution is 2.24. The predicted octanol–water partition coefficient (Wildman–Crippen LogP) is 1.19. The number of aromatic amines is 1. The molecule has 22 heavy (non-hydrogen) atoms. The predicted molar refractivity (Wildman–Crippen MR) is 86.0 cm³/mol. The fourth-order valence-corrected chi connectivity index (χ4v) is 4.54. The molecule has 8 heteroatoms. The van der Waals surface area contributed by atoms with Crippen LogP contribution in [-0.2, 0) is 16.3 Å². The van der Waals surface area contributed by atoms with Crippen LogP contribution in [0.4, 0.5) is 0 Å². The molecule has 2 aromatic heterocycles. The zero-order chi connectivity index (χ0) is 15.9. The first-order chi connectivity index (χ1) is 10.4. The summed E-state index contributed by atoms with van der Waals surface area (Å²) in [5.41, 5.74) is 0.233. The molecule has 0 fully saturated rings. The third-order valence-electron chi connectivity index (χ3n) is 3.42. The van der Waals surface area contributed by atoms with Crippen LogP contribution >= 0.6 is 11.3 Å². The van der Waals surface area contributed by atoms with Gasteiger partial charge in [-0.15, -0.1) is 11.3 Å². The van der Waals surface area contributed by atoms with Crippen molar-refractivity contribution in [2.75, 3.05) is 5.75 Å². The summed E-state index contributed by atoms with van der Waals surface area (Å²) in [6, 6.07) is 2.86. The van der Waals surface area contributed by atoms with Crippen LogP contribution in [0, 0.1) is 0 Å². The first-order valence-electron chi connectivity index (χ1n) is 6.75. The highest BCUT2D eigenvalue weighted by Gasteiger charge is 2.24. The average molecular weight is 338 g/mol. The van der Waals surface area contributed by atoms with Gasteiger partial charge < -0.3 is 10.3 Å². The number of nitrogens with one attached hydrogen (secondary N) is 2. The van der Waals surface area contributed by atoms with Crippen molar-refractivity contribution in [1.29, 1.82) is 0 Å². The summed E-state index contributed by atoms with van der Waals surface area (Å²) in [6.45, 7) is 2.02. The molecule has 3 heterocycles. The van der Waals surface area contributed by atoms with Crippen molar-refractivity contribution in [3.63, 3.8) is 0 Å². The second-order valence-corrected chi connectivity index (χ2v) is 8.19. The quantitative estimate of drug-likeness (QED) is 0.879. The number of carbonyl (C=O) groups excluding carboxylic acids is 1. The lowest BCUT2D eigenvalue weighted by Crippen LogP contribution is -2.38. The maximum absolute atomic E-state index is 12.2. The molecule has 1 aliphatic rings. The van der Waals surface area contributed by atoms with Crippen LogP contribution in [-0.4, -0.2) is 31.1 Å². The maximum atomic E-state index is 12.2. The number of H-pyrrole nitrogens is 1. The lowest BCUT2D eigenvalue weighted by molar-refractivity contribution is 0.0946. The second-order valence-electron chi connectivity index (χ2n) is 5.09. The molecule has 0 spiro atoms. The van der Waals surface area contributed by atoms with Crippen LogP contribution in [0.3, 0.4) is 0 Å². The molecular formula is C14H14N2O4S2. The fraction of sp³-hybridized carbons (Fsp3) is 0.286. The summed E-state index contributed by atoms with van der Waals surface area (Å²) in [6.07, 6.45) is 2.27. The van der Waals surface area contributed by atoms with Crippen LogP contribution in [0.15, 0.2) is 28.4 Å².